The summed E-state index contributed by atoms with van der Waals surface area (Å²) in [5, 5.41) is 2.86. The van der Waals surface area contributed by atoms with Gasteiger partial charge in [0.25, 0.3) is 0 Å². The predicted octanol–water partition coefficient (Wildman–Crippen LogP) is 4.32. The molecule has 0 aliphatic rings. The van der Waals surface area contributed by atoms with Gasteiger partial charge in [-0.3, -0.25) is 0 Å². The van der Waals surface area contributed by atoms with Gasteiger partial charge in [0.15, 0.2) is 0 Å². The molecule has 0 bridgehead atoms. The molecular weight excluding hydrogens is 250 g/mol. The van der Waals surface area contributed by atoms with Gasteiger partial charge >= 0.3 is 0 Å². The van der Waals surface area contributed by atoms with Crippen LogP contribution in [0.15, 0.2) is 29.6 Å². The first-order chi connectivity index (χ1) is 8.13. The standard InChI is InChI=1S/C14H16ClNS/c1-3-10-4-6-11(7-5-10)13(16)14-12(15)9(2)8-17-14/h4-8,13H,3,16H2,1-2H3. The topological polar surface area (TPSA) is 26.0 Å². The molecule has 2 rings (SSSR count). The third-order valence-electron chi connectivity index (χ3n) is 2.95. The number of thiophene rings is 1. The molecule has 0 aliphatic heterocycles. The van der Waals surface area contributed by atoms with Gasteiger partial charge in [0, 0.05) is 4.88 Å². The Labute approximate surface area is 111 Å². The van der Waals surface area contributed by atoms with Gasteiger partial charge in [0.05, 0.1) is 11.1 Å². The van der Waals surface area contributed by atoms with Crippen LogP contribution in [-0.2, 0) is 6.42 Å². The molecule has 1 aromatic heterocycles. The summed E-state index contributed by atoms with van der Waals surface area (Å²) in [5.41, 5.74) is 9.80. The van der Waals surface area contributed by atoms with Crippen LogP contribution >= 0.6 is 22.9 Å². The van der Waals surface area contributed by atoms with Crippen molar-refractivity contribution >= 4 is 22.9 Å². The second-order valence-corrected chi connectivity index (χ2v) is 5.46. The number of rotatable bonds is 3. The lowest BCUT2D eigenvalue weighted by atomic mass is 10.0. The molecule has 1 atom stereocenters. The van der Waals surface area contributed by atoms with Crippen LogP contribution in [0.25, 0.3) is 0 Å². The number of hydrogen-bond donors (Lipinski definition) is 1. The Kier molecular flexibility index (Phi) is 3.87. The highest BCUT2D eigenvalue weighted by atomic mass is 35.5. The summed E-state index contributed by atoms with van der Waals surface area (Å²) < 4.78 is 0. The zero-order chi connectivity index (χ0) is 12.4. The summed E-state index contributed by atoms with van der Waals surface area (Å²) in [7, 11) is 0. The van der Waals surface area contributed by atoms with Crippen molar-refractivity contribution in [3.63, 3.8) is 0 Å². The van der Waals surface area contributed by atoms with E-state index in [2.05, 4.69) is 36.6 Å². The van der Waals surface area contributed by atoms with Crippen LogP contribution in [0.2, 0.25) is 5.02 Å². The molecule has 1 aromatic carbocycles. The molecule has 17 heavy (non-hydrogen) atoms. The molecule has 2 aromatic rings. The normalized spacial score (nSPS) is 12.7. The molecule has 0 aliphatic carbocycles. The molecule has 90 valence electrons. The van der Waals surface area contributed by atoms with Gasteiger partial charge in [-0.2, -0.15) is 0 Å². The first kappa shape index (κ1) is 12.6. The van der Waals surface area contributed by atoms with E-state index in [0.717, 1.165) is 27.4 Å². The number of hydrogen-bond acceptors (Lipinski definition) is 2. The zero-order valence-corrected chi connectivity index (χ0v) is 11.6. The Bertz CT molecular complexity index is 501. The van der Waals surface area contributed by atoms with Crippen molar-refractivity contribution in [3.05, 3.63) is 56.2 Å². The fourth-order valence-electron chi connectivity index (χ4n) is 1.77. The van der Waals surface area contributed by atoms with E-state index in [1.807, 2.05) is 6.92 Å². The molecule has 1 unspecified atom stereocenters. The Hall–Kier alpha value is -0.830. The first-order valence-electron chi connectivity index (χ1n) is 5.71. The number of nitrogens with two attached hydrogens (primary N) is 1. The Morgan fingerprint density at radius 2 is 1.94 bits per heavy atom. The predicted molar refractivity (Wildman–Crippen MR) is 75.9 cm³/mol. The molecule has 0 saturated carbocycles. The highest BCUT2D eigenvalue weighted by molar-refractivity contribution is 7.10. The van der Waals surface area contributed by atoms with E-state index < -0.39 is 0 Å². The summed E-state index contributed by atoms with van der Waals surface area (Å²) in [5.74, 6) is 0. The molecule has 0 spiro atoms. The quantitative estimate of drug-likeness (QED) is 0.879. The monoisotopic (exact) mass is 265 g/mol. The summed E-state index contributed by atoms with van der Waals surface area (Å²) in [6.07, 6.45) is 1.05. The van der Waals surface area contributed by atoms with Crippen LogP contribution in [0.3, 0.4) is 0 Å². The highest BCUT2D eigenvalue weighted by Gasteiger charge is 2.15. The van der Waals surface area contributed by atoms with Crippen LogP contribution < -0.4 is 5.73 Å². The van der Waals surface area contributed by atoms with E-state index in [0.29, 0.717) is 0 Å². The molecule has 3 heteroatoms. The van der Waals surface area contributed by atoms with Gasteiger partial charge in [-0.25, -0.2) is 0 Å². The van der Waals surface area contributed by atoms with Crippen LogP contribution in [0.1, 0.15) is 34.5 Å². The minimum absolute atomic E-state index is 0.118. The van der Waals surface area contributed by atoms with Gasteiger partial charge in [-0.1, -0.05) is 42.8 Å². The van der Waals surface area contributed by atoms with Gasteiger partial charge in [0.2, 0.25) is 0 Å². The molecule has 2 N–H and O–H groups in total. The van der Waals surface area contributed by atoms with E-state index in [4.69, 9.17) is 17.3 Å². The average molecular weight is 266 g/mol. The van der Waals surface area contributed by atoms with Crippen molar-refractivity contribution in [3.8, 4) is 0 Å². The van der Waals surface area contributed by atoms with E-state index in [1.54, 1.807) is 11.3 Å². The Morgan fingerprint density at radius 1 is 1.29 bits per heavy atom. The maximum Gasteiger partial charge on any atom is 0.0661 e. The van der Waals surface area contributed by atoms with E-state index >= 15 is 0 Å². The molecule has 0 saturated heterocycles. The van der Waals surface area contributed by atoms with Crippen LogP contribution in [0, 0.1) is 6.92 Å². The van der Waals surface area contributed by atoms with Gasteiger partial charge in [-0.05, 0) is 35.4 Å². The summed E-state index contributed by atoms with van der Waals surface area (Å²) in [4.78, 5) is 1.05. The highest BCUT2D eigenvalue weighted by Crippen LogP contribution is 2.34. The number of benzene rings is 1. The van der Waals surface area contributed by atoms with E-state index in [1.165, 1.54) is 5.56 Å². The zero-order valence-electron chi connectivity index (χ0n) is 10.0. The van der Waals surface area contributed by atoms with E-state index in [9.17, 15) is 0 Å². The number of halogens is 1. The maximum absolute atomic E-state index is 6.25. The fourth-order valence-corrected chi connectivity index (χ4v) is 3.11. The van der Waals surface area contributed by atoms with Crippen molar-refractivity contribution in [1.29, 1.82) is 0 Å². The maximum atomic E-state index is 6.25. The largest absolute Gasteiger partial charge is 0.320 e. The minimum atomic E-state index is -0.118. The lowest BCUT2D eigenvalue weighted by Crippen LogP contribution is -2.10. The number of aryl methyl sites for hydroxylation is 2. The van der Waals surface area contributed by atoms with Crippen molar-refractivity contribution in [2.24, 2.45) is 5.73 Å². The summed E-state index contributed by atoms with van der Waals surface area (Å²) >= 11 is 7.87. The smallest absolute Gasteiger partial charge is 0.0661 e. The van der Waals surface area contributed by atoms with Crippen molar-refractivity contribution < 1.29 is 0 Å². The molecule has 1 heterocycles. The molecule has 1 nitrogen and oxygen atoms in total. The molecular formula is C14H16ClNS. The second kappa shape index (κ2) is 5.21. The van der Waals surface area contributed by atoms with Crippen LogP contribution in [0.5, 0.6) is 0 Å². The minimum Gasteiger partial charge on any atom is -0.320 e. The average Bonchev–Trinajstić information content (AvgIpc) is 2.69. The van der Waals surface area contributed by atoms with Crippen LogP contribution in [0.4, 0.5) is 0 Å². The second-order valence-electron chi connectivity index (χ2n) is 4.17. The van der Waals surface area contributed by atoms with Gasteiger partial charge in [-0.15, -0.1) is 11.3 Å². The molecule has 0 radical (unpaired) electrons. The summed E-state index contributed by atoms with van der Waals surface area (Å²) in [6, 6.07) is 8.32. The van der Waals surface area contributed by atoms with Gasteiger partial charge in [0.1, 0.15) is 0 Å². The lowest BCUT2D eigenvalue weighted by molar-refractivity contribution is 0.890. The third-order valence-corrected chi connectivity index (χ3v) is 4.75. The van der Waals surface area contributed by atoms with Crippen molar-refractivity contribution in [2.45, 2.75) is 26.3 Å². The van der Waals surface area contributed by atoms with Gasteiger partial charge < -0.3 is 5.73 Å². The molecule has 0 fully saturated rings. The lowest BCUT2D eigenvalue weighted by Gasteiger charge is -2.11. The van der Waals surface area contributed by atoms with Crippen molar-refractivity contribution in [1.82, 2.24) is 0 Å². The molecule has 0 amide bonds. The summed E-state index contributed by atoms with van der Waals surface area (Å²) in [6.45, 7) is 4.16. The Balaban J connectivity index is 2.30. The van der Waals surface area contributed by atoms with Crippen molar-refractivity contribution in [2.75, 3.05) is 0 Å². The first-order valence-corrected chi connectivity index (χ1v) is 6.97. The third kappa shape index (κ3) is 2.54. The van der Waals surface area contributed by atoms with Crippen LogP contribution in [-0.4, -0.2) is 0 Å². The SMILES string of the molecule is CCc1ccc(C(N)c2scc(C)c2Cl)cc1. The fraction of sp³-hybridized carbons (Fsp3) is 0.286. The van der Waals surface area contributed by atoms with E-state index in [-0.39, 0.29) is 6.04 Å². The Morgan fingerprint density at radius 3 is 2.41 bits per heavy atom.